The van der Waals surface area contributed by atoms with E-state index in [-0.39, 0.29) is 11.9 Å². The highest BCUT2D eigenvalue weighted by Gasteiger charge is 2.26. The first-order chi connectivity index (χ1) is 9.08. The van der Waals surface area contributed by atoms with Crippen LogP contribution in [-0.4, -0.2) is 23.0 Å². The van der Waals surface area contributed by atoms with Crippen molar-refractivity contribution in [3.05, 3.63) is 48.0 Å². The van der Waals surface area contributed by atoms with Crippen LogP contribution in [0.1, 0.15) is 18.0 Å². The van der Waals surface area contributed by atoms with Crippen molar-refractivity contribution in [2.24, 2.45) is 11.7 Å². The van der Waals surface area contributed by atoms with Crippen molar-refractivity contribution in [3.63, 3.8) is 0 Å². The minimum atomic E-state index is -0.875. The molecule has 0 heterocycles. The predicted octanol–water partition coefficient (Wildman–Crippen LogP) is 0.832. The van der Waals surface area contributed by atoms with Gasteiger partial charge in [-0.3, -0.25) is 9.59 Å². The van der Waals surface area contributed by atoms with Crippen molar-refractivity contribution < 1.29 is 14.7 Å². The van der Waals surface area contributed by atoms with Crippen molar-refractivity contribution in [1.82, 2.24) is 5.32 Å². The second-order valence-corrected chi connectivity index (χ2v) is 4.57. The summed E-state index contributed by atoms with van der Waals surface area (Å²) >= 11 is 0. The highest BCUT2D eigenvalue weighted by molar-refractivity contribution is 5.83. The zero-order chi connectivity index (χ0) is 13.8. The molecule has 0 radical (unpaired) electrons. The van der Waals surface area contributed by atoms with E-state index < -0.39 is 17.9 Å². The van der Waals surface area contributed by atoms with Gasteiger partial charge in [-0.05, 0) is 12.0 Å². The molecule has 0 fully saturated rings. The Hall–Kier alpha value is -2.14. The molecule has 5 heteroatoms. The van der Waals surface area contributed by atoms with Gasteiger partial charge in [-0.15, -0.1) is 0 Å². The first kappa shape index (κ1) is 13.3. The van der Waals surface area contributed by atoms with Gasteiger partial charge in [0, 0.05) is 6.04 Å². The van der Waals surface area contributed by atoms with Crippen molar-refractivity contribution >= 4 is 11.9 Å². The van der Waals surface area contributed by atoms with Gasteiger partial charge in [0.25, 0.3) is 0 Å². The van der Waals surface area contributed by atoms with Gasteiger partial charge in [-0.2, -0.15) is 0 Å². The van der Waals surface area contributed by atoms with E-state index >= 15 is 0 Å². The molecule has 1 aliphatic carbocycles. The fourth-order valence-electron chi connectivity index (χ4n) is 2.07. The van der Waals surface area contributed by atoms with Gasteiger partial charge >= 0.3 is 5.97 Å². The number of hydrogen-bond donors (Lipinski definition) is 3. The highest BCUT2D eigenvalue weighted by atomic mass is 16.4. The Bertz CT molecular complexity index is 499. The summed E-state index contributed by atoms with van der Waals surface area (Å²) in [5, 5.41) is 11.6. The molecule has 0 bridgehead atoms. The fourth-order valence-corrected chi connectivity index (χ4v) is 2.07. The third-order valence-corrected chi connectivity index (χ3v) is 3.17. The first-order valence-corrected chi connectivity index (χ1v) is 6.10. The van der Waals surface area contributed by atoms with E-state index in [1.807, 2.05) is 18.2 Å². The van der Waals surface area contributed by atoms with E-state index in [0.717, 1.165) is 5.56 Å². The molecule has 0 spiro atoms. The SMILES string of the molecule is N[C@H](C(=O)NC1C=CC(C(=O)O)C1)c1ccccc1. The van der Waals surface area contributed by atoms with E-state index in [4.69, 9.17) is 10.8 Å². The van der Waals surface area contributed by atoms with Crippen molar-refractivity contribution in [3.8, 4) is 0 Å². The molecule has 1 amide bonds. The van der Waals surface area contributed by atoms with Gasteiger partial charge in [0.15, 0.2) is 0 Å². The van der Waals surface area contributed by atoms with Crippen LogP contribution in [0.3, 0.4) is 0 Å². The van der Waals surface area contributed by atoms with Gasteiger partial charge in [0.2, 0.25) is 5.91 Å². The number of carboxylic acid groups (broad SMARTS) is 1. The van der Waals surface area contributed by atoms with Gasteiger partial charge in [0.05, 0.1) is 5.92 Å². The van der Waals surface area contributed by atoms with Crippen LogP contribution in [0.2, 0.25) is 0 Å². The number of aliphatic carboxylic acids is 1. The summed E-state index contributed by atoms with van der Waals surface area (Å²) in [6.07, 6.45) is 3.68. The van der Waals surface area contributed by atoms with Gasteiger partial charge < -0.3 is 16.2 Å². The third kappa shape index (κ3) is 3.20. The summed E-state index contributed by atoms with van der Waals surface area (Å²) < 4.78 is 0. The quantitative estimate of drug-likeness (QED) is 0.699. The standard InChI is InChI=1S/C14H16N2O3/c15-12(9-4-2-1-3-5-9)13(17)16-11-7-6-10(8-11)14(18)19/h1-7,10-12H,8,15H2,(H,16,17)(H,18,19)/t10?,11?,12-/m0/s1. The minimum absolute atomic E-state index is 0.261. The molecule has 1 aliphatic rings. The van der Waals surface area contributed by atoms with Crippen LogP contribution in [0.5, 0.6) is 0 Å². The molecule has 5 nitrogen and oxygen atoms in total. The number of carbonyl (C=O) groups excluding carboxylic acids is 1. The molecule has 0 aromatic heterocycles. The van der Waals surface area contributed by atoms with E-state index in [1.165, 1.54) is 0 Å². The van der Waals surface area contributed by atoms with Crippen LogP contribution in [0.25, 0.3) is 0 Å². The zero-order valence-electron chi connectivity index (χ0n) is 10.3. The zero-order valence-corrected chi connectivity index (χ0v) is 10.3. The van der Waals surface area contributed by atoms with Crippen molar-refractivity contribution in [2.45, 2.75) is 18.5 Å². The fraction of sp³-hybridized carbons (Fsp3) is 0.286. The third-order valence-electron chi connectivity index (χ3n) is 3.17. The second-order valence-electron chi connectivity index (χ2n) is 4.57. The first-order valence-electron chi connectivity index (χ1n) is 6.10. The monoisotopic (exact) mass is 260 g/mol. The summed E-state index contributed by atoms with van der Waals surface area (Å²) in [4.78, 5) is 22.8. The smallest absolute Gasteiger partial charge is 0.310 e. The van der Waals surface area contributed by atoms with E-state index in [2.05, 4.69) is 5.32 Å². The van der Waals surface area contributed by atoms with Gasteiger partial charge in [0.1, 0.15) is 6.04 Å². The molecule has 0 saturated carbocycles. The number of carbonyl (C=O) groups is 2. The van der Waals surface area contributed by atoms with Crippen molar-refractivity contribution in [2.75, 3.05) is 0 Å². The Balaban J connectivity index is 1.92. The molecule has 0 aliphatic heterocycles. The molecule has 100 valence electrons. The predicted molar refractivity (Wildman–Crippen MR) is 70.2 cm³/mol. The van der Waals surface area contributed by atoms with Gasteiger partial charge in [-0.25, -0.2) is 0 Å². The highest BCUT2D eigenvalue weighted by Crippen LogP contribution is 2.19. The van der Waals surface area contributed by atoms with Crippen molar-refractivity contribution in [1.29, 1.82) is 0 Å². The molecule has 3 atom stereocenters. The normalized spacial score (nSPS) is 23.0. The summed E-state index contributed by atoms with van der Waals surface area (Å²) in [5.41, 5.74) is 6.59. The van der Waals surface area contributed by atoms with E-state index in [0.29, 0.717) is 6.42 Å². The largest absolute Gasteiger partial charge is 0.481 e. The Kier molecular flexibility index (Phi) is 3.97. The lowest BCUT2D eigenvalue weighted by atomic mass is 10.1. The number of nitrogens with two attached hydrogens (primary N) is 1. The van der Waals surface area contributed by atoms with Crippen LogP contribution in [0.4, 0.5) is 0 Å². The Morgan fingerprint density at radius 1 is 1.26 bits per heavy atom. The number of carboxylic acids is 1. The summed E-state index contributed by atoms with van der Waals surface area (Å²) in [6, 6.07) is 8.06. The summed E-state index contributed by atoms with van der Waals surface area (Å²) in [5.74, 6) is -1.70. The van der Waals surface area contributed by atoms with Crippen LogP contribution in [0.15, 0.2) is 42.5 Å². The second kappa shape index (κ2) is 5.67. The Morgan fingerprint density at radius 3 is 2.53 bits per heavy atom. The van der Waals surface area contributed by atoms with Crippen LogP contribution in [-0.2, 0) is 9.59 Å². The Labute approximate surface area is 111 Å². The lowest BCUT2D eigenvalue weighted by Gasteiger charge is -2.16. The Morgan fingerprint density at radius 2 is 1.95 bits per heavy atom. The molecule has 19 heavy (non-hydrogen) atoms. The molecule has 0 saturated heterocycles. The van der Waals surface area contributed by atoms with Crippen LogP contribution < -0.4 is 11.1 Å². The molecule has 1 aromatic carbocycles. The number of amides is 1. The van der Waals surface area contributed by atoms with Crippen LogP contribution >= 0.6 is 0 Å². The molecule has 1 aromatic rings. The van der Waals surface area contributed by atoms with Gasteiger partial charge in [-0.1, -0.05) is 42.5 Å². The maximum Gasteiger partial charge on any atom is 0.310 e. The number of hydrogen-bond acceptors (Lipinski definition) is 3. The average Bonchev–Trinajstić information content (AvgIpc) is 2.87. The molecule has 2 unspecified atom stereocenters. The topological polar surface area (TPSA) is 92.4 Å². The minimum Gasteiger partial charge on any atom is -0.481 e. The van der Waals surface area contributed by atoms with E-state index in [9.17, 15) is 9.59 Å². The van der Waals surface area contributed by atoms with Crippen LogP contribution in [0, 0.1) is 5.92 Å². The number of rotatable bonds is 4. The number of nitrogens with one attached hydrogen (secondary N) is 1. The van der Waals surface area contributed by atoms with E-state index in [1.54, 1.807) is 24.3 Å². The maximum absolute atomic E-state index is 12.0. The lowest BCUT2D eigenvalue weighted by Crippen LogP contribution is -2.39. The summed E-state index contributed by atoms with van der Waals surface area (Å²) in [7, 11) is 0. The summed E-state index contributed by atoms with van der Waals surface area (Å²) in [6.45, 7) is 0. The molecule has 2 rings (SSSR count). The average molecular weight is 260 g/mol. The molecular formula is C14H16N2O3. The molecule has 4 N–H and O–H groups in total. The number of benzene rings is 1. The lowest BCUT2D eigenvalue weighted by molar-refractivity contribution is -0.140. The molecular weight excluding hydrogens is 244 g/mol. The maximum atomic E-state index is 12.0.